The van der Waals surface area contributed by atoms with E-state index in [0.717, 1.165) is 17.2 Å². The van der Waals surface area contributed by atoms with E-state index in [1.807, 2.05) is 19.1 Å². The monoisotopic (exact) mass is 330 g/mol. The van der Waals surface area contributed by atoms with Crippen LogP contribution in [0.5, 0.6) is 11.5 Å². The molecule has 0 aliphatic carbocycles. The molecule has 5 nitrogen and oxygen atoms in total. The Kier molecular flexibility index (Phi) is 5.94. The van der Waals surface area contributed by atoms with Crippen LogP contribution in [0.4, 0.5) is 5.69 Å². The lowest BCUT2D eigenvalue weighted by Gasteiger charge is -2.10. The fraction of sp³-hybridized carbons (Fsp3) is 0.176. The number of thiocarbonyl (C=S) groups is 1. The zero-order valence-corrected chi connectivity index (χ0v) is 13.8. The van der Waals surface area contributed by atoms with Crippen LogP contribution in [0.15, 0.2) is 48.5 Å². The van der Waals surface area contributed by atoms with Gasteiger partial charge in [0.1, 0.15) is 11.5 Å². The molecule has 0 bridgehead atoms. The minimum Gasteiger partial charge on any atom is -0.497 e. The molecule has 2 rings (SSSR count). The van der Waals surface area contributed by atoms with Crippen LogP contribution in [0.3, 0.4) is 0 Å². The van der Waals surface area contributed by atoms with Crippen LogP contribution in [-0.4, -0.2) is 24.7 Å². The average Bonchev–Trinajstić information content (AvgIpc) is 2.56. The molecule has 0 fully saturated rings. The maximum absolute atomic E-state index is 12.1. The highest BCUT2D eigenvalue weighted by atomic mass is 32.1. The minimum absolute atomic E-state index is 0.231. The number of anilines is 1. The van der Waals surface area contributed by atoms with Gasteiger partial charge in [0.15, 0.2) is 5.11 Å². The van der Waals surface area contributed by atoms with Gasteiger partial charge in [-0.2, -0.15) is 0 Å². The molecule has 0 unspecified atom stereocenters. The van der Waals surface area contributed by atoms with Crippen molar-refractivity contribution in [2.24, 2.45) is 0 Å². The molecule has 1 amide bonds. The Morgan fingerprint density at radius 1 is 1.04 bits per heavy atom. The number of ether oxygens (including phenoxy) is 2. The second kappa shape index (κ2) is 8.14. The van der Waals surface area contributed by atoms with Crippen LogP contribution >= 0.6 is 12.2 Å². The predicted molar refractivity (Wildman–Crippen MR) is 94.3 cm³/mol. The number of nitrogens with one attached hydrogen (secondary N) is 2. The Hall–Kier alpha value is -2.60. The Morgan fingerprint density at radius 3 is 2.22 bits per heavy atom. The zero-order valence-electron chi connectivity index (χ0n) is 13.0. The molecular formula is C17H18N2O3S. The molecular weight excluding hydrogens is 312 g/mol. The molecule has 0 aliphatic heterocycles. The molecule has 0 aromatic heterocycles. The molecule has 0 spiro atoms. The number of carbonyl (C=O) groups is 1. The summed E-state index contributed by atoms with van der Waals surface area (Å²) in [6.45, 7) is 2.49. The summed E-state index contributed by atoms with van der Waals surface area (Å²) in [6, 6.07) is 14.1. The van der Waals surface area contributed by atoms with E-state index in [-0.39, 0.29) is 11.0 Å². The number of carbonyl (C=O) groups excluding carboxylic acids is 1. The second-order valence-electron chi connectivity index (χ2n) is 4.59. The second-order valence-corrected chi connectivity index (χ2v) is 5.00. The molecule has 23 heavy (non-hydrogen) atoms. The summed E-state index contributed by atoms with van der Waals surface area (Å²) < 4.78 is 10.4. The number of amides is 1. The zero-order chi connectivity index (χ0) is 16.7. The van der Waals surface area contributed by atoms with E-state index in [2.05, 4.69) is 10.6 Å². The third-order valence-corrected chi connectivity index (χ3v) is 3.21. The van der Waals surface area contributed by atoms with E-state index in [0.29, 0.717) is 12.2 Å². The molecule has 0 saturated heterocycles. The topological polar surface area (TPSA) is 59.6 Å². The van der Waals surface area contributed by atoms with Crippen molar-refractivity contribution in [1.82, 2.24) is 5.32 Å². The summed E-state index contributed by atoms with van der Waals surface area (Å²) in [5, 5.41) is 5.81. The first-order valence-electron chi connectivity index (χ1n) is 7.11. The molecule has 0 radical (unpaired) electrons. The quantitative estimate of drug-likeness (QED) is 0.824. The summed E-state index contributed by atoms with van der Waals surface area (Å²) in [7, 11) is 1.60. The number of methoxy groups -OCH3 is 1. The molecule has 0 aliphatic rings. The Labute approximate surface area is 140 Å². The van der Waals surface area contributed by atoms with Crippen molar-refractivity contribution in [2.75, 3.05) is 19.0 Å². The Bertz CT molecular complexity index is 669. The van der Waals surface area contributed by atoms with E-state index in [1.165, 1.54) is 0 Å². The van der Waals surface area contributed by atoms with Crippen LogP contribution in [0.25, 0.3) is 0 Å². The lowest BCUT2D eigenvalue weighted by molar-refractivity contribution is 0.0977. The lowest BCUT2D eigenvalue weighted by atomic mass is 10.2. The average molecular weight is 330 g/mol. The largest absolute Gasteiger partial charge is 0.497 e. The van der Waals surface area contributed by atoms with E-state index in [1.54, 1.807) is 43.5 Å². The number of rotatable bonds is 5. The van der Waals surface area contributed by atoms with Gasteiger partial charge in [-0.25, -0.2) is 0 Å². The van der Waals surface area contributed by atoms with E-state index in [9.17, 15) is 4.79 Å². The van der Waals surface area contributed by atoms with Crippen molar-refractivity contribution in [3.05, 3.63) is 54.1 Å². The third kappa shape index (κ3) is 4.96. The molecule has 0 saturated carbocycles. The van der Waals surface area contributed by atoms with Gasteiger partial charge in [0.05, 0.1) is 13.7 Å². The van der Waals surface area contributed by atoms with Crippen molar-refractivity contribution < 1.29 is 14.3 Å². The highest BCUT2D eigenvalue weighted by Crippen LogP contribution is 2.15. The van der Waals surface area contributed by atoms with Crippen LogP contribution in [0.2, 0.25) is 0 Å². The van der Waals surface area contributed by atoms with E-state index >= 15 is 0 Å². The molecule has 0 atom stereocenters. The molecule has 2 aromatic rings. The maximum Gasteiger partial charge on any atom is 0.257 e. The summed E-state index contributed by atoms with van der Waals surface area (Å²) in [4.78, 5) is 12.1. The standard InChI is InChI=1S/C17H18N2O3S/c1-3-22-15-8-4-12(5-9-15)16(20)19-17(23)18-13-6-10-14(21-2)11-7-13/h4-11H,3H2,1-2H3,(H2,18,19,20,23). The molecule has 0 heterocycles. The van der Waals surface area contributed by atoms with Gasteiger partial charge in [0.2, 0.25) is 0 Å². The van der Waals surface area contributed by atoms with Gasteiger partial charge in [0, 0.05) is 11.3 Å². The van der Waals surface area contributed by atoms with Crippen molar-refractivity contribution >= 4 is 28.9 Å². The summed E-state index contributed by atoms with van der Waals surface area (Å²) in [6.07, 6.45) is 0. The van der Waals surface area contributed by atoms with Crippen LogP contribution < -0.4 is 20.1 Å². The number of hydrogen-bond donors (Lipinski definition) is 2. The lowest BCUT2D eigenvalue weighted by Crippen LogP contribution is -2.34. The van der Waals surface area contributed by atoms with E-state index in [4.69, 9.17) is 21.7 Å². The summed E-state index contributed by atoms with van der Waals surface area (Å²) in [5.41, 5.74) is 1.27. The minimum atomic E-state index is -0.279. The molecule has 6 heteroatoms. The van der Waals surface area contributed by atoms with E-state index < -0.39 is 0 Å². The van der Waals surface area contributed by atoms with Crippen LogP contribution in [-0.2, 0) is 0 Å². The number of hydrogen-bond acceptors (Lipinski definition) is 4. The Balaban J connectivity index is 1.91. The summed E-state index contributed by atoms with van der Waals surface area (Å²) >= 11 is 5.14. The molecule has 120 valence electrons. The van der Waals surface area contributed by atoms with Gasteiger partial charge in [0.25, 0.3) is 5.91 Å². The summed E-state index contributed by atoms with van der Waals surface area (Å²) in [5.74, 6) is 1.20. The normalized spacial score (nSPS) is 9.83. The SMILES string of the molecule is CCOc1ccc(C(=O)NC(=S)Nc2ccc(OC)cc2)cc1. The molecule has 2 aromatic carbocycles. The van der Waals surface area contributed by atoms with Crippen molar-refractivity contribution in [3.8, 4) is 11.5 Å². The smallest absolute Gasteiger partial charge is 0.257 e. The maximum atomic E-state index is 12.1. The van der Waals surface area contributed by atoms with Crippen molar-refractivity contribution in [2.45, 2.75) is 6.92 Å². The fourth-order valence-corrected chi connectivity index (χ4v) is 2.09. The van der Waals surface area contributed by atoms with Crippen molar-refractivity contribution in [1.29, 1.82) is 0 Å². The number of benzene rings is 2. The van der Waals surface area contributed by atoms with Gasteiger partial charge in [-0.1, -0.05) is 0 Å². The van der Waals surface area contributed by atoms with Crippen molar-refractivity contribution in [3.63, 3.8) is 0 Å². The van der Waals surface area contributed by atoms with Gasteiger partial charge in [-0.3, -0.25) is 10.1 Å². The van der Waals surface area contributed by atoms with Gasteiger partial charge in [-0.05, 0) is 67.7 Å². The first-order chi connectivity index (χ1) is 11.1. The van der Waals surface area contributed by atoms with Crippen LogP contribution in [0.1, 0.15) is 17.3 Å². The first kappa shape index (κ1) is 16.8. The highest BCUT2D eigenvalue weighted by molar-refractivity contribution is 7.80. The Morgan fingerprint density at radius 2 is 1.65 bits per heavy atom. The van der Waals surface area contributed by atoms with Gasteiger partial charge in [-0.15, -0.1) is 0 Å². The fourth-order valence-electron chi connectivity index (χ4n) is 1.88. The predicted octanol–water partition coefficient (Wildman–Crippen LogP) is 3.22. The molecule has 2 N–H and O–H groups in total. The van der Waals surface area contributed by atoms with Crippen LogP contribution in [0, 0.1) is 0 Å². The first-order valence-corrected chi connectivity index (χ1v) is 7.52. The highest BCUT2D eigenvalue weighted by Gasteiger charge is 2.08. The third-order valence-electron chi connectivity index (χ3n) is 3.00. The van der Waals surface area contributed by atoms with Gasteiger partial charge < -0.3 is 14.8 Å². The van der Waals surface area contributed by atoms with Gasteiger partial charge >= 0.3 is 0 Å².